The Morgan fingerprint density at radius 1 is 1.28 bits per heavy atom. The second-order valence-corrected chi connectivity index (χ2v) is 9.13. The molecule has 0 saturated heterocycles. The van der Waals surface area contributed by atoms with Crippen LogP contribution in [0.1, 0.15) is 30.5 Å². The van der Waals surface area contributed by atoms with Crippen molar-refractivity contribution in [3.8, 4) is 5.75 Å². The second kappa shape index (κ2) is 7.32. The Hall–Kier alpha value is -1.63. The van der Waals surface area contributed by atoms with Crippen LogP contribution in [0, 0.1) is 0 Å². The molecule has 25 heavy (non-hydrogen) atoms. The van der Waals surface area contributed by atoms with Gasteiger partial charge in [-0.1, -0.05) is 29.8 Å². The first-order chi connectivity index (χ1) is 11.8. The molecule has 2 aromatic rings. The maximum Gasteiger partial charge on any atom is 0.214 e. The van der Waals surface area contributed by atoms with Crippen molar-refractivity contribution < 1.29 is 13.2 Å². The van der Waals surface area contributed by atoms with Crippen LogP contribution in [0.25, 0.3) is 0 Å². The van der Waals surface area contributed by atoms with Crippen molar-refractivity contribution in [2.24, 2.45) is 0 Å². The number of fused-ring (bicyclic) bond motifs is 1. The van der Waals surface area contributed by atoms with E-state index in [0.717, 1.165) is 17.5 Å². The SMILES string of the molecule is CC(C)S(=O)(=O)N[C@H]1Cc2ccc(COc3cccnc3Cl)cc2C1. The Balaban J connectivity index is 1.65. The van der Waals surface area contributed by atoms with E-state index < -0.39 is 15.3 Å². The van der Waals surface area contributed by atoms with Gasteiger partial charge in [0.15, 0.2) is 10.9 Å². The molecule has 3 rings (SSSR count). The van der Waals surface area contributed by atoms with Crippen LogP contribution in [0.15, 0.2) is 36.5 Å². The molecule has 1 aromatic carbocycles. The highest BCUT2D eigenvalue weighted by molar-refractivity contribution is 7.90. The molecule has 1 aromatic heterocycles. The lowest BCUT2D eigenvalue weighted by Gasteiger charge is -2.14. The monoisotopic (exact) mass is 380 g/mol. The van der Waals surface area contributed by atoms with Crippen molar-refractivity contribution in [2.75, 3.05) is 0 Å². The third-order valence-corrected chi connectivity index (χ3v) is 6.46. The van der Waals surface area contributed by atoms with Crippen LogP contribution in [0.4, 0.5) is 0 Å². The molecule has 7 heteroatoms. The van der Waals surface area contributed by atoms with Gasteiger partial charge in [-0.3, -0.25) is 0 Å². The summed E-state index contributed by atoms with van der Waals surface area (Å²) >= 11 is 5.99. The third kappa shape index (κ3) is 4.32. The highest BCUT2D eigenvalue weighted by atomic mass is 35.5. The van der Waals surface area contributed by atoms with Crippen LogP contribution >= 0.6 is 11.6 Å². The summed E-state index contributed by atoms with van der Waals surface area (Å²) in [5.41, 5.74) is 3.36. The van der Waals surface area contributed by atoms with E-state index in [1.165, 1.54) is 5.56 Å². The van der Waals surface area contributed by atoms with E-state index in [-0.39, 0.29) is 6.04 Å². The molecule has 1 aliphatic carbocycles. The van der Waals surface area contributed by atoms with Gasteiger partial charge in [0.05, 0.1) is 5.25 Å². The number of aromatic nitrogens is 1. The van der Waals surface area contributed by atoms with Crippen LogP contribution in [-0.2, 0) is 29.5 Å². The minimum Gasteiger partial charge on any atom is -0.486 e. The number of hydrogen-bond acceptors (Lipinski definition) is 4. The van der Waals surface area contributed by atoms with E-state index in [0.29, 0.717) is 23.9 Å². The zero-order valence-corrected chi connectivity index (χ0v) is 15.8. The van der Waals surface area contributed by atoms with Crippen molar-refractivity contribution >= 4 is 21.6 Å². The highest BCUT2D eigenvalue weighted by Gasteiger charge is 2.27. The van der Waals surface area contributed by atoms with E-state index in [9.17, 15) is 8.42 Å². The van der Waals surface area contributed by atoms with Crippen molar-refractivity contribution in [2.45, 2.75) is 44.6 Å². The molecule has 0 fully saturated rings. The van der Waals surface area contributed by atoms with Crippen LogP contribution in [0.3, 0.4) is 0 Å². The zero-order chi connectivity index (χ0) is 18.0. The van der Waals surface area contributed by atoms with Gasteiger partial charge < -0.3 is 4.74 Å². The quantitative estimate of drug-likeness (QED) is 0.782. The van der Waals surface area contributed by atoms with Crippen molar-refractivity contribution in [1.82, 2.24) is 9.71 Å². The fourth-order valence-electron chi connectivity index (χ4n) is 2.85. The van der Waals surface area contributed by atoms with E-state index >= 15 is 0 Å². The number of halogens is 1. The Labute approximate surface area is 153 Å². The summed E-state index contributed by atoms with van der Waals surface area (Å²) in [5.74, 6) is 0.548. The fourth-order valence-corrected chi connectivity index (χ4v) is 3.93. The summed E-state index contributed by atoms with van der Waals surface area (Å²) in [6.07, 6.45) is 3.03. The number of pyridine rings is 1. The smallest absolute Gasteiger partial charge is 0.214 e. The lowest BCUT2D eigenvalue weighted by atomic mass is 10.1. The number of ether oxygens (including phenoxy) is 1. The molecule has 0 spiro atoms. The summed E-state index contributed by atoms with van der Waals surface area (Å²) < 4.78 is 32.6. The predicted octanol–water partition coefficient (Wildman–Crippen LogP) is 3.11. The van der Waals surface area contributed by atoms with Gasteiger partial charge in [0.1, 0.15) is 6.61 Å². The summed E-state index contributed by atoms with van der Waals surface area (Å²) in [6.45, 7) is 3.76. The van der Waals surface area contributed by atoms with Gasteiger partial charge in [-0.15, -0.1) is 0 Å². The van der Waals surface area contributed by atoms with Crippen molar-refractivity contribution in [1.29, 1.82) is 0 Å². The maximum atomic E-state index is 12.0. The second-order valence-electron chi connectivity index (χ2n) is 6.50. The van der Waals surface area contributed by atoms with Crippen LogP contribution in [0.5, 0.6) is 5.75 Å². The van der Waals surface area contributed by atoms with Gasteiger partial charge in [0, 0.05) is 12.2 Å². The Morgan fingerprint density at radius 3 is 2.76 bits per heavy atom. The molecule has 0 radical (unpaired) electrons. The topological polar surface area (TPSA) is 68.3 Å². The predicted molar refractivity (Wildman–Crippen MR) is 98.4 cm³/mol. The minimum absolute atomic E-state index is 0.0775. The van der Waals surface area contributed by atoms with Crippen molar-refractivity contribution in [3.63, 3.8) is 0 Å². The molecule has 1 aliphatic rings. The first-order valence-corrected chi connectivity index (χ1v) is 10.1. The lowest BCUT2D eigenvalue weighted by Crippen LogP contribution is -2.39. The van der Waals surface area contributed by atoms with Gasteiger partial charge in [0.2, 0.25) is 10.0 Å². The summed E-state index contributed by atoms with van der Waals surface area (Å²) in [4.78, 5) is 3.98. The van der Waals surface area contributed by atoms with Gasteiger partial charge in [-0.25, -0.2) is 18.1 Å². The molecular formula is C18H21ClN2O3S. The Kier molecular flexibility index (Phi) is 5.32. The third-order valence-electron chi connectivity index (χ3n) is 4.27. The zero-order valence-electron chi connectivity index (χ0n) is 14.2. The molecule has 0 bridgehead atoms. The van der Waals surface area contributed by atoms with E-state index in [1.807, 2.05) is 12.1 Å². The summed E-state index contributed by atoms with van der Waals surface area (Å²) in [7, 11) is -3.26. The number of rotatable bonds is 6. The molecule has 5 nitrogen and oxygen atoms in total. The lowest BCUT2D eigenvalue weighted by molar-refractivity contribution is 0.305. The largest absolute Gasteiger partial charge is 0.486 e. The number of benzene rings is 1. The average molecular weight is 381 g/mol. The first kappa shape index (κ1) is 18.2. The molecule has 0 aliphatic heterocycles. The van der Waals surface area contributed by atoms with Gasteiger partial charge in [0.25, 0.3) is 0 Å². The molecule has 1 atom stereocenters. The van der Waals surface area contributed by atoms with E-state index in [1.54, 1.807) is 32.2 Å². The van der Waals surface area contributed by atoms with Crippen LogP contribution in [0.2, 0.25) is 5.15 Å². The number of nitrogens with one attached hydrogen (secondary N) is 1. The van der Waals surface area contributed by atoms with Crippen molar-refractivity contribution in [3.05, 3.63) is 58.4 Å². The molecule has 1 N–H and O–H groups in total. The minimum atomic E-state index is -3.26. The molecule has 0 amide bonds. The first-order valence-electron chi connectivity index (χ1n) is 8.20. The van der Waals surface area contributed by atoms with Gasteiger partial charge in [-0.05, 0) is 55.5 Å². The average Bonchev–Trinajstić information content (AvgIpc) is 2.94. The summed E-state index contributed by atoms with van der Waals surface area (Å²) in [5, 5.41) is -0.0868. The van der Waals surface area contributed by atoms with E-state index in [2.05, 4.69) is 15.8 Å². The Morgan fingerprint density at radius 2 is 2.04 bits per heavy atom. The van der Waals surface area contributed by atoms with Crippen LogP contribution < -0.4 is 9.46 Å². The molecule has 134 valence electrons. The number of hydrogen-bond donors (Lipinski definition) is 1. The van der Waals surface area contributed by atoms with Gasteiger partial charge in [-0.2, -0.15) is 0 Å². The number of nitrogens with zero attached hydrogens (tertiary/aromatic N) is 1. The number of sulfonamides is 1. The molecule has 1 heterocycles. The molecule has 0 saturated carbocycles. The molecular weight excluding hydrogens is 360 g/mol. The normalized spacial score (nSPS) is 16.9. The summed E-state index contributed by atoms with van der Waals surface area (Å²) in [6, 6.07) is 9.59. The van der Waals surface area contributed by atoms with Gasteiger partial charge >= 0.3 is 0 Å². The standard InChI is InChI=1S/C18H21ClN2O3S/c1-12(2)25(22,23)21-16-9-14-6-5-13(8-15(14)10-16)11-24-17-4-3-7-20-18(17)19/h3-8,12,16,21H,9-11H2,1-2H3/t16-/m0/s1. The van der Waals surface area contributed by atoms with Crippen LogP contribution in [-0.4, -0.2) is 24.7 Å². The van der Waals surface area contributed by atoms with E-state index in [4.69, 9.17) is 16.3 Å². The maximum absolute atomic E-state index is 12.0. The fraction of sp³-hybridized carbons (Fsp3) is 0.389. The Bertz CT molecular complexity index is 868. The highest BCUT2D eigenvalue weighted by Crippen LogP contribution is 2.26. The molecule has 0 unspecified atom stereocenters.